The number of carboxylic acids is 1. The van der Waals surface area contributed by atoms with Gasteiger partial charge in [0.15, 0.2) is 0 Å². The fraction of sp³-hybridized carbons (Fsp3) is 0.600. The molecule has 1 heterocycles. The molecule has 98 valence electrons. The first-order chi connectivity index (χ1) is 8.66. The molecule has 1 N–H and O–H groups in total. The van der Waals surface area contributed by atoms with E-state index in [1.807, 2.05) is 12.1 Å². The van der Waals surface area contributed by atoms with Crippen molar-refractivity contribution in [3.8, 4) is 0 Å². The second-order valence-corrected chi connectivity index (χ2v) is 5.46. The van der Waals surface area contributed by atoms with Crippen molar-refractivity contribution in [1.29, 1.82) is 0 Å². The summed E-state index contributed by atoms with van der Waals surface area (Å²) in [5, 5.41) is 9.54. The average Bonchev–Trinajstić information content (AvgIpc) is 2.83. The van der Waals surface area contributed by atoms with Gasteiger partial charge < -0.3 is 5.11 Å². The number of nitrogens with zero attached hydrogens (tertiary/aromatic N) is 1. The molecule has 1 aliphatic carbocycles. The molecule has 0 radical (unpaired) electrons. The third-order valence-electron chi connectivity index (χ3n) is 4.38. The summed E-state index contributed by atoms with van der Waals surface area (Å²) in [4.78, 5) is 15.6. The molecule has 18 heavy (non-hydrogen) atoms. The van der Waals surface area contributed by atoms with Gasteiger partial charge in [-0.2, -0.15) is 0 Å². The highest BCUT2D eigenvalue weighted by Crippen LogP contribution is 2.46. The average molecular weight is 247 g/mol. The largest absolute Gasteiger partial charge is 0.481 e. The summed E-state index contributed by atoms with van der Waals surface area (Å²) in [6, 6.07) is 3.95. The summed E-state index contributed by atoms with van der Waals surface area (Å²) in [6.45, 7) is 2.16. The van der Waals surface area contributed by atoms with Crippen molar-refractivity contribution in [2.75, 3.05) is 0 Å². The van der Waals surface area contributed by atoms with Crippen molar-refractivity contribution in [2.24, 2.45) is 11.3 Å². The van der Waals surface area contributed by atoms with E-state index in [0.29, 0.717) is 5.92 Å². The van der Waals surface area contributed by atoms with Gasteiger partial charge in [-0.15, -0.1) is 0 Å². The van der Waals surface area contributed by atoms with Crippen LogP contribution in [0.5, 0.6) is 0 Å². The predicted octanol–water partition coefficient (Wildman–Crippen LogP) is 3.30. The number of carbonyl (C=O) groups is 1. The van der Waals surface area contributed by atoms with Crippen LogP contribution in [0.1, 0.15) is 44.6 Å². The van der Waals surface area contributed by atoms with E-state index in [1.54, 1.807) is 12.4 Å². The molecule has 2 unspecified atom stereocenters. The van der Waals surface area contributed by atoms with Crippen LogP contribution >= 0.6 is 0 Å². The number of aliphatic carboxylic acids is 1. The maximum absolute atomic E-state index is 11.6. The first-order valence-corrected chi connectivity index (χ1v) is 6.78. The van der Waals surface area contributed by atoms with E-state index in [9.17, 15) is 9.90 Å². The van der Waals surface area contributed by atoms with Crippen LogP contribution in [0.3, 0.4) is 0 Å². The Morgan fingerprint density at radius 1 is 1.50 bits per heavy atom. The zero-order valence-electron chi connectivity index (χ0n) is 10.9. The number of carboxylic acid groups (broad SMARTS) is 1. The van der Waals surface area contributed by atoms with Crippen molar-refractivity contribution < 1.29 is 9.90 Å². The molecule has 0 saturated heterocycles. The SMILES string of the molecule is CCC1CCC(CCc2ccncc2)(C(=O)O)C1. The van der Waals surface area contributed by atoms with Gasteiger partial charge in [0.05, 0.1) is 5.41 Å². The van der Waals surface area contributed by atoms with Crippen LogP contribution in [0.4, 0.5) is 0 Å². The Labute approximate surface area is 108 Å². The third-order valence-corrected chi connectivity index (χ3v) is 4.38. The van der Waals surface area contributed by atoms with E-state index in [-0.39, 0.29) is 0 Å². The summed E-state index contributed by atoms with van der Waals surface area (Å²) in [5.41, 5.74) is 0.704. The van der Waals surface area contributed by atoms with Gasteiger partial charge in [-0.25, -0.2) is 0 Å². The number of pyridine rings is 1. The zero-order chi connectivity index (χ0) is 13.0. The van der Waals surface area contributed by atoms with Gasteiger partial charge in [-0.1, -0.05) is 13.3 Å². The number of aryl methyl sites for hydroxylation is 1. The first kappa shape index (κ1) is 13.1. The van der Waals surface area contributed by atoms with Gasteiger partial charge in [0.1, 0.15) is 0 Å². The molecule has 2 rings (SSSR count). The highest BCUT2D eigenvalue weighted by Gasteiger charge is 2.44. The molecule has 0 amide bonds. The van der Waals surface area contributed by atoms with Crippen molar-refractivity contribution in [2.45, 2.75) is 45.4 Å². The van der Waals surface area contributed by atoms with E-state index in [2.05, 4.69) is 11.9 Å². The highest BCUT2D eigenvalue weighted by molar-refractivity contribution is 5.75. The topological polar surface area (TPSA) is 50.2 Å². The Morgan fingerprint density at radius 3 is 2.78 bits per heavy atom. The third kappa shape index (κ3) is 2.71. The minimum Gasteiger partial charge on any atom is -0.481 e. The van der Waals surface area contributed by atoms with Gasteiger partial charge in [-0.3, -0.25) is 9.78 Å². The molecule has 0 aromatic carbocycles. The van der Waals surface area contributed by atoms with E-state index < -0.39 is 11.4 Å². The summed E-state index contributed by atoms with van der Waals surface area (Å²) in [7, 11) is 0. The number of hydrogen-bond donors (Lipinski definition) is 1. The molecular weight excluding hydrogens is 226 g/mol. The Hall–Kier alpha value is -1.38. The Kier molecular flexibility index (Phi) is 4.00. The van der Waals surface area contributed by atoms with Crippen LogP contribution < -0.4 is 0 Å². The van der Waals surface area contributed by atoms with Crippen LogP contribution in [-0.2, 0) is 11.2 Å². The van der Waals surface area contributed by atoms with Gasteiger partial charge in [0.2, 0.25) is 0 Å². The summed E-state index contributed by atoms with van der Waals surface area (Å²) >= 11 is 0. The maximum Gasteiger partial charge on any atom is 0.309 e. The minimum absolute atomic E-state index is 0.482. The number of aromatic nitrogens is 1. The maximum atomic E-state index is 11.6. The normalized spacial score (nSPS) is 27.3. The van der Waals surface area contributed by atoms with Crippen LogP contribution in [0.25, 0.3) is 0 Å². The van der Waals surface area contributed by atoms with Crippen LogP contribution in [0, 0.1) is 11.3 Å². The van der Waals surface area contributed by atoms with Gasteiger partial charge >= 0.3 is 5.97 Å². The standard InChI is InChI=1S/C15H21NO2/c1-2-12-3-7-15(11-12,14(17)18)8-4-13-5-9-16-10-6-13/h5-6,9-10,12H,2-4,7-8,11H2,1H3,(H,17,18). The monoisotopic (exact) mass is 247 g/mol. The van der Waals surface area contributed by atoms with E-state index in [0.717, 1.165) is 38.5 Å². The number of hydrogen-bond acceptors (Lipinski definition) is 2. The molecule has 3 heteroatoms. The second kappa shape index (κ2) is 5.51. The van der Waals surface area contributed by atoms with E-state index >= 15 is 0 Å². The molecule has 1 aliphatic rings. The lowest BCUT2D eigenvalue weighted by atomic mass is 9.79. The van der Waals surface area contributed by atoms with E-state index in [4.69, 9.17) is 0 Å². The molecule has 1 fully saturated rings. The van der Waals surface area contributed by atoms with Crippen molar-refractivity contribution in [1.82, 2.24) is 4.98 Å². The lowest BCUT2D eigenvalue weighted by molar-refractivity contribution is -0.149. The van der Waals surface area contributed by atoms with Crippen LogP contribution in [0.2, 0.25) is 0 Å². The first-order valence-electron chi connectivity index (χ1n) is 6.78. The minimum atomic E-state index is -0.604. The molecule has 1 saturated carbocycles. The van der Waals surface area contributed by atoms with Gasteiger partial charge in [-0.05, 0) is 55.7 Å². The van der Waals surface area contributed by atoms with Crippen molar-refractivity contribution in [3.63, 3.8) is 0 Å². The molecule has 0 spiro atoms. The van der Waals surface area contributed by atoms with Crippen LogP contribution in [-0.4, -0.2) is 16.1 Å². The fourth-order valence-electron chi connectivity index (χ4n) is 3.05. The Morgan fingerprint density at radius 2 is 2.22 bits per heavy atom. The van der Waals surface area contributed by atoms with Gasteiger partial charge in [0, 0.05) is 12.4 Å². The fourth-order valence-corrected chi connectivity index (χ4v) is 3.05. The molecule has 1 aromatic heterocycles. The molecule has 0 aliphatic heterocycles. The zero-order valence-corrected chi connectivity index (χ0v) is 10.9. The molecule has 0 bridgehead atoms. The molecule has 2 atom stereocenters. The Bertz CT molecular complexity index is 404. The summed E-state index contributed by atoms with van der Waals surface area (Å²) in [5.74, 6) is -0.00829. The molecule has 3 nitrogen and oxygen atoms in total. The lowest BCUT2D eigenvalue weighted by Gasteiger charge is -2.24. The summed E-state index contributed by atoms with van der Waals surface area (Å²) in [6.07, 6.45) is 8.99. The van der Waals surface area contributed by atoms with Crippen molar-refractivity contribution >= 4 is 5.97 Å². The van der Waals surface area contributed by atoms with E-state index in [1.165, 1.54) is 5.56 Å². The quantitative estimate of drug-likeness (QED) is 0.868. The number of rotatable bonds is 5. The molecule has 1 aromatic rings. The lowest BCUT2D eigenvalue weighted by Crippen LogP contribution is -2.29. The molecular formula is C15H21NO2. The smallest absolute Gasteiger partial charge is 0.309 e. The van der Waals surface area contributed by atoms with Gasteiger partial charge in [0.25, 0.3) is 0 Å². The van der Waals surface area contributed by atoms with Crippen LogP contribution in [0.15, 0.2) is 24.5 Å². The summed E-state index contributed by atoms with van der Waals surface area (Å²) < 4.78 is 0. The van der Waals surface area contributed by atoms with Crippen molar-refractivity contribution in [3.05, 3.63) is 30.1 Å². The Balaban J connectivity index is 2.02. The second-order valence-electron chi connectivity index (χ2n) is 5.46. The predicted molar refractivity (Wildman–Crippen MR) is 70.3 cm³/mol. The highest BCUT2D eigenvalue weighted by atomic mass is 16.4.